The molecular formula is C18H18N8. The van der Waals surface area contributed by atoms with Crippen LogP contribution in [0.4, 0.5) is 5.82 Å². The van der Waals surface area contributed by atoms with E-state index >= 15 is 0 Å². The van der Waals surface area contributed by atoms with Crippen LogP contribution in [-0.4, -0.2) is 43.3 Å². The summed E-state index contributed by atoms with van der Waals surface area (Å²) in [6, 6.07) is 7.82. The van der Waals surface area contributed by atoms with E-state index in [4.69, 9.17) is 5.26 Å². The molecule has 1 saturated heterocycles. The summed E-state index contributed by atoms with van der Waals surface area (Å²) < 4.78 is 1.71. The topological polar surface area (TPSA) is 96.4 Å². The lowest BCUT2D eigenvalue weighted by atomic mass is 10.1. The highest BCUT2D eigenvalue weighted by atomic mass is 15.4. The Labute approximate surface area is 151 Å². The smallest absolute Gasteiger partial charge is 0.151 e. The lowest BCUT2D eigenvalue weighted by molar-refractivity contribution is 0.569. The van der Waals surface area contributed by atoms with E-state index in [1.165, 1.54) is 25.5 Å². The molecule has 4 heterocycles. The average Bonchev–Trinajstić information content (AvgIpc) is 3.18. The number of nitrogens with zero attached hydrogens (tertiary/aromatic N) is 8. The Morgan fingerprint density at radius 3 is 2.69 bits per heavy atom. The summed E-state index contributed by atoms with van der Waals surface area (Å²) in [6.07, 6.45) is 8.73. The molecule has 0 spiro atoms. The fourth-order valence-electron chi connectivity index (χ4n) is 3.04. The van der Waals surface area contributed by atoms with Gasteiger partial charge in [-0.25, -0.2) is 4.68 Å². The van der Waals surface area contributed by atoms with Crippen LogP contribution in [-0.2, 0) is 6.54 Å². The van der Waals surface area contributed by atoms with Crippen molar-refractivity contribution in [3.63, 3.8) is 0 Å². The first kappa shape index (κ1) is 16.1. The number of pyridine rings is 1. The van der Waals surface area contributed by atoms with Crippen LogP contribution in [0.3, 0.4) is 0 Å². The van der Waals surface area contributed by atoms with Crippen molar-refractivity contribution in [1.29, 1.82) is 5.26 Å². The van der Waals surface area contributed by atoms with Crippen LogP contribution in [0.25, 0.3) is 11.3 Å². The second kappa shape index (κ2) is 7.27. The van der Waals surface area contributed by atoms with Gasteiger partial charge in [-0.1, -0.05) is 5.21 Å². The third-order valence-electron chi connectivity index (χ3n) is 4.41. The van der Waals surface area contributed by atoms with Crippen molar-refractivity contribution in [1.82, 2.24) is 30.2 Å². The van der Waals surface area contributed by atoms with Gasteiger partial charge in [0.05, 0.1) is 24.0 Å². The van der Waals surface area contributed by atoms with E-state index in [1.54, 1.807) is 16.9 Å². The van der Waals surface area contributed by atoms with Crippen molar-refractivity contribution in [2.24, 2.45) is 0 Å². The zero-order valence-corrected chi connectivity index (χ0v) is 14.3. The van der Waals surface area contributed by atoms with Gasteiger partial charge in [-0.3, -0.25) is 4.98 Å². The zero-order valence-electron chi connectivity index (χ0n) is 14.3. The first-order chi connectivity index (χ1) is 12.8. The van der Waals surface area contributed by atoms with Crippen LogP contribution in [0.1, 0.15) is 30.5 Å². The molecule has 1 aliphatic heterocycles. The molecule has 1 aliphatic rings. The van der Waals surface area contributed by atoms with E-state index < -0.39 is 0 Å². The molecule has 0 amide bonds. The summed E-state index contributed by atoms with van der Waals surface area (Å²) >= 11 is 0. The van der Waals surface area contributed by atoms with Crippen LogP contribution >= 0.6 is 0 Å². The van der Waals surface area contributed by atoms with E-state index in [0.29, 0.717) is 17.8 Å². The molecule has 0 saturated carbocycles. The van der Waals surface area contributed by atoms with Gasteiger partial charge in [-0.2, -0.15) is 10.4 Å². The molecule has 4 rings (SSSR count). The van der Waals surface area contributed by atoms with Crippen LogP contribution in [0.15, 0.2) is 36.8 Å². The van der Waals surface area contributed by atoms with Gasteiger partial charge in [0.1, 0.15) is 11.8 Å². The Hall–Kier alpha value is -3.34. The second-order valence-electron chi connectivity index (χ2n) is 6.31. The van der Waals surface area contributed by atoms with E-state index in [1.807, 2.05) is 18.3 Å². The summed E-state index contributed by atoms with van der Waals surface area (Å²) in [5.41, 5.74) is 2.76. The minimum atomic E-state index is 0.492. The molecular weight excluding hydrogens is 328 g/mol. The summed E-state index contributed by atoms with van der Waals surface area (Å²) in [5.74, 6) is 0.937. The Morgan fingerprint density at radius 1 is 1.04 bits per heavy atom. The second-order valence-corrected chi connectivity index (χ2v) is 6.31. The maximum atomic E-state index is 8.98. The van der Waals surface area contributed by atoms with Crippen LogP contribution < -0.4 is 4.90 Å². The van der Waals surface area contributed by atoms with E-state index in [0.717, 1.165) is 30.2 Å². The Morgan fingerprint density at radius 2 is 1.92 bits per heavy atom. The Bertz CT molecular complexity index is 919. The van der Waals surface area contributed by atoms with Crippen LogP contribution in [0.5, 0.6) is 0 Å². The minimum Gasteiger partial charge on any atom is -0.355 e. The number of anilines is 1. The molecule has 0 radical (unpaired) electrons. The summed E-state index contributed by atoms with van der Waals surface area (Å²) in [4.78, 5) is 6.33. The van der Waals surface area contributed by atoms with Crippen molar-refractivity contribution >= 4 is 5.82 Å². The highest BCUT2D eigenvalue weighted by molar-refractivity contribution is 5.58. The molecule has 3 aromatic heterocycles. The van der Waals surface area contributed by atoms with E-state index in [2.05, 4.69) is 36.5 Å². The summed E-state index contributed by atoms with van der Waals surface area (Å²) in [6.45, 7) is 2.60. The maximum Gasteiger partial charge on any atom is 0.151 e. The van der Waals surface area contributed by atoms with Crippen molar-refractivity contribution < 1.29 is 0 Å². The molecule has 0 bridgehead atoms. The van der Waals surface area contributed by atoms with Gasteiger partial charge in [0.2, 0.25) is 0 Å². The van der Waals surface area contributed by atoms with Crippen LogP contribution in [0, 0.1) is 11.3 Å². The number of aromatic nitrogens is 6. The summed E-state index contributed by atoms with van der Waals surface area (Å²) in [5, 5.41) is 25.9. The fraction of sp³-hybridized carbons (Fsp3) is 0.333. The molecule has 3 aromatic rings. The molecule has 26 heavy (non-hydrogen) atoms. The SMILES string of the molecule is N#Cc1cncc(-c2cn(Cc3ccc(N4CCCCC4)nn3)nn2)c1. The molecule has 0 atom stereocenters. The number of hydrogen-bond acceptors (Lipinski definition) is 7. The monoisotopic (exact) mass is 346 g/mol. The number of piperidine rings is 1. The lowest BCUT2D eigenvalue weighted by Crippen LogP contribution is -2.30. The zero-order chi connectivity index (χ0) is 17.8. The van der Waals surface area contributed by atoms with Crippen molar-refractivity contribution in [2.75, 3.05) is 18.0 Å². The largest absolute Gasteiger partial charge is 0.355 e. The quantitative estimate of drug-likeness (QED) is 0.713. The normalized spacial score (nSPS) is 14.2. The molecule has 0 aromatic carbocycles. The predicted molar refractivity (Wildman–Crippen MR) is 95.2 cm³/mol. The number of rotatable bonds is 4. The fourth-order valence-corrected chi connectivity index (χ4v) is 3.04. The maximum absolute atomic E-state index is 8.98. The van der Waals surface area contributed by atoms with Gasteiger partial charge in [-0.05, 0) is 37.5 Å². The van der Waals surface area contributed by atoms with Gasteiger partial charge < -0.3 is 4.90 Å². The van der Waals surface area contributed by atoms with Crippen molar-refractivity contribution in [2.45, 2.75) is 25.8 Å². The van der Waals surface area contributed by atoms with Gasteiger partial charge >= 0.3 is 0 Å². The van der Waals surface area contributed by atoms with Crippen molar-refractivity contribution in [3.8, 4) is 17.3 Å². The number of nitriles is 1. The Kier molecular flexibility index (Phi) is 4.51. The molecule has 1 fully saturated rings. The van der Waals surface area contributed by atoms with E-state index in [-0.39, 0.29) is 0 Å². The highest BCUT2D eigenvalue weighted by Gasteiger charge is 2.13. The first-order valence-electron chi connectivity index (χ1n) is 8.65. The highest BCUT2D eigenvalue weighted by Crippen LogP contribution is 2.18. The van der Waals surface area contributed by atoms with E-state index in [9.17, 15) is 0 Å². The average molecular weight is 346 g/mol. The van der Waals surface area contributed by atoms with Crippen molar-refractivity contribution in [3.05, 3.63) is 48.0 Å². The Balaban J connectivity index is 1.46. The molecule has 130 valence electrons. The standard InChI is InChI=1S/C18H18N8/c19-9-14-8-15(11-20-10-14)17-13-26(24-22-17)12-16-4-5-18(23-21-16)25-6-2-1-3-7-25/h4-5,8,10-11,13H,1-3,6-7,12H2. The first-order valence-corrected chi connectivity index (χ1v) is 8.65. The lowest BCUT2D eigenvalue weighted by Gasteiger charge is -2.27. The molecule has 0 aliphatic carbocycles. The third kappa shape index (κ3) is 3.52. The molecule has 0 N–H and O–H groups in total. The van der Waals surface area contributed by atoms with Gasteiger partial charge in [0.25, 0.3) is 0 Å². The van der Waals surface area contributed by atoms with Gasteiger partial charge in [-0.15, -0.1) is 10.2 Å². The predicted octanol–water partition coefficient (Wildman–Crippen LogP) is 2.04. The summed E-state index contributed by atoms with van der Waals surface area (Å²) in [7, 11) is 0. The molecule has 8 nitrogen and oxygen atoms in total. The molecule has 0 unspecified atom stereocenters. The van der Waals surface area contributed by atoms with Gasteiger partial charge in [0.15, 0.2) is 5.82 Å². The van der Waals surface area contributed by atoms with Gasteiger partial charge in [0, 0.05) is 31.0 Å². The van der Waals surface area contributed by atoms with Crippen LogP contribution in [0.2, 0.25) is 0 Å². The third-order valence-corrected chi connectivity index (χ3v) is 4.41. The number of hydrogen-bond donors (Lipinski definition) is 0. The minimum absolute atomic E-state index is 0.492. The molecule has 8 heteroatoms.